The van der Waals surface area contributed by atoms with E-state index in [1.54, 1.807) is 25.3 Å². The molecule has 0 aliphatic carbocycles. The lowest BCUT2D eigenvalue weighted by atomic mass is 10.1. The molecule has 2 aromatic rings. The summed E-state index contributed by atoms with van der Waals surface area (Å²) in [4.78, 5) is 14.3. The van der Waals surface area contributed by atoms with E-state index in [0.717, 1.165) is 11.3 Å². The molecule has 1 atom stereocenters. The Labute approximate surface area is 158 Å². The van der Waals surface area contributed by atoms with Crippen LogP contribution in [0.1, 0.15) is 24.9 Å². The van der Waals surface area contributed by atoms with Gasteiger partial charge in [0.1, 0.15) is 5.75 Å². The molecule has 0 radical (unpaired) electrons. The van der Waals surface area contributed by atoms with Gasteiger partial charge in [-0.25, -0.2) is 0 Å². The zero-order valence-corrected chi connectivity index (χ0v) is 16.1. The Hall–Kier alpha value is -1.75. The maximum atomic E-state index is 12.2. The number of carbonyl (C=O) groups is 1. The van der Waals surface area contributed by atoms with Crippen molar-refractivity contribution in [1.82, 2.24) is 4.90 Å². The number of rotatable bonds is 7. The van der Waals surface area contributed by atoms with E-state index in [9.17, 15) is 4.79 Å². The fraction of sp³-hybridized carbons (Fsp3) is 0.316. The molecule has 0 aliphatic heterocycles. The molecule has 0 spiro atoms. The van der Waals surface area contributed by atoms with Crippen LogP contribution in [0.3, 0.4) is 0 Å². The molecule has 25 heavy (non-hydrogen) atoms. The van der Waals surface area contributed by atoms with E-state index in [-0.39, 0.29) is 11.9 Å². The van der Waals surface area contributed by atoms with Gasteiger partial charge in [-0.05, 0) is 32.2 Å². The van der Waals surface area contributed by atoms with Crippen LogP contribution in [0.2, 0.25) is 10.0 Å². The number of halogens is 2. The molecule has 0 fully saturated rings. The van der Waals surface area contributed by atoms with Crippen molar-refractivity contribution < 1.29 is 9.53 Å². The van der Waals surface area contributed by atoms with Crippen molar-refractivity contribution in [3.8, 4) is 5.75 Å². The molecule has 0 saturated carbocycles. The first-order valence-electron chi connectivity index (χ1n) is 8.01. The van der Waals surface area contributed by atoms with Gasteiger partial charge in [-0.1, -0.05) is 47.5 Å². The summed E-state index contributed by atoms with van der Waals surface area (Å²) < 4.78 is 5.41. The van der Waals surface area contributed by atoms with Gasteiger partial charge in [0.05, 0.1) is 22.8 Å². The van der Waals surface area contributed by atoms with Crippen molar-refractivity contribution in [1.29, 1.82) is 0 Å². The van der Waals surface area contributed by atoms with Gasteiger partial charge in [-0.3, -0.25) is 9.69 Å². The number of para-hydroxylation sites is 2. The highest BCUT2D eigenvalue weighted by Gasteiger charge is 2.17. The fourth-order valence-corrected chi connectivity index (χ4v) is 3.03. The van der Waals surface area contributed by atoms with Crippen molar-refractivity contribution >= 4 is 34.8 Å². The number of methoxy groups -OCH3 is 1. The molecule has 1 N–H and O–H groups in total. The lowest BCUT2D eigenvalue weighted by molar-refractivity contribution is -0.116. The van der Waals surface area contributed by atoms with Gasteiger partial charge >= 0.3 is 0 Å². The Morgan fingerprint density at radius 3 is 2.44 bits per heavy atom. The van der Waals surface area contributed by atoms with Gasteiger partial charge < -0.3 is 10.1 Å². The minimum absolute atomic E-state index is 0.118. The van der Waals surface area contributed by atoms with Crippen LogP contribution in [-0.4, -0.2) is 31.5 Å². The van der Waals surface area contributed by atoms with Gasteiger partial charge in [-0.15, -0.1) is 0 Å². The Kier molecular flexibility index (Phi) is 7.12. The number of amides is 1. The van der Waals surface area contributed by atoms with Crippen LogP contribution >= 0.6 is 23.2 Å². The molecule has 6 heteroatoms. The summed E-state index contributed by atoms with van der Waals surface area (Å²) in [5.74, 6) is 0.711. The highest BCUT2D eigenvalue weighted by Crippen LogP contribution is 2.30. The van der Waals surface area contributed by atoms with Crippen molar-refractivity contribution in [3.63, 3.8) is 0 Å². The quantitative estimate of drug-likeness (QED) is 0.732. The van der Waals surface area contributed by atoms with Crippen LogP contribution in [0.4, 0.5) is 5.69 Å². The summed E-state index contributed by atoms with van der Waals surface area (Å²) >= 11 is 12.2. The lowest BCUT2D eigenvalue weighted by Gasteiger charge is -2.26. The molecule has 0 aromatic heterocycles. The van der Waals surface area contributed by atoms with Gasteiger partial charge in [0, 0.05) is 24.6 Å². The van der Waals surface area contributed by atoms with Crippen LogP contribution in [0.15, 0.2) is 42.5 Å². The average Bonchev–Trinajstić information content (AvgIpc) is 2.62. The zero-order chi connectivity index (χ0) is 18.4. The van der Waals surface area contributed by atoms with Crippen LogP contribution in [0, 0.1) is 0 Å². The minimum atomic E-state index is -0.130. The first kappa shape index (κ1) is 19.6. The third-order valence-corrected chi connectivity index (χ3v) is 4.80. The molecule has 0 unspecified atom stereocenters. The highest BCUT2D eigenvalue weighted by molar-refractivity contribution is 6.39. The third-order valence-electron chi connectivity index (χ3n) is 4.17. The Bertz CT molecular complexity index is 717. The molecular formula is C19H22Cl2N2O2. The van der Waals surface area contributed by atoms with E-state index in [4.69, 9.17) is 27.9 Å². The topological polar surface area (TPSA) is 41.6 Å². The number of hydrogen-bond acceptors (Lipinski definition) is 3. The molecular weight excluding hydrogens is 359 g/mol. The zero-order valence-electron chi connectivity index (χ0n) is 14.6. The monoisotopic (exact) mass is 380 g/mol. The van der Waals surface area contributed by atoms with E-state index in [1.165, 1.54) is 0 Å². The van der Waals surface area contributed by atoms with Gasteiger partial charge in [-0.2, -0.15) is 0 Å². The molecule has 0 saturated heterocycles. The second-order valence-electron chi connectivity index (χ2n) is 5.79. The summed E-state index contributed by atoms with van der Waals surface area (Å²) in [6, 6.07) is 13.1. The fourth-order valence-electron chi connectivity index (χ4n) is 2.54. The summed E-state index contributed by atoms with van der Waals surface area (Å²) in [6.45, 7) is 2.67. The number of nitrogens with zero attached hydrogens (tertiary/aromatic N) is 1. The van der Waals surface area contributed by atoms with Crippen LogP contribution < -0.4 is 10.1 Å². The lowest BCUT2D eigenvalue weighted by Crippen LogP contribution is -2.27. The van der Waals surface area contributed by atoms with E-state index in [1.807, 2.05) is 31.3 Å². The highest BCUT2D eigenvalue weighted by atomic mass is 35.5. The summed E-state index contributed by atoms with van der Waals surface area (Å²) in [6.07, 6.45) is 0.331. The SMILES string of the molecule is COc1ccccc1[C@@H](C)N(C)CCC(=O)Nc1c(Cl)cccc1Cl. The summed E-state index contributed by atoms with van der Waals surface area (Å²) in [7, 11) is 3.64. The largest absolute Gasteiger partial charge is 0.496 e. The number of nitrogens with one attached hydrogen (secondary N) is 1. The first-order chi connectivity index (χ1) is 11.9. The summed E-state index contributed by atoms with van der Waals surface area (Å²) in [5.41, 5.74) is 1.54. The minimum Gasteiger partial charge on any atom is -0.496 e. The number of ether oxygens (including phenoxy) is 1. The maximum absolute atomic E-state index is 12.2. The second kappa shape index (κ2) is 9.09. The molecule has 0 heterocycles. The normalized spacial score (nSPS) is 12.1. The first-order valence-corrected chi connectivity index (χ1v) is 8.76. The van der Waals surface area contributed by atoms with Crippen LogP contribution in [0.5, 0.6) is 5.75 Å². The Morgan fingerprint density at radius 1 is 1.16 bits per heavy atom. The second-order valence-corrected chi connectivity index (χ2v) is 6.61. The smallest absolute Gasteiger partial charge is 0.225 e. The Balaban J connectivity index is 1.95. The van der Waals surface area contributed by atoms with Gasteiger partial charge in [0.2, 0.25) is 5.91 Å². The average molecular weight is 381 g/mol. The molecule has 2 rings (SSSR count). The molecule has 1 amide bonds. The van der Waals surface area contributed by atoms with Crippen molar-refractivity contribution in [3.05, 3.63) is 58.1 Å². The van der Waals surface area contributed by atoms with Gasteiger partial charge in [0.25, 0.3) is 0 Å². The number of hydrogen-bond donors (Lipinski definition) is 1. The van der Waals surface area contributed by atoms with Crippen molar-refractivity contribution in [2.24, 2.45) is 0 Å². The molecule has 0 aliphatic rings. The molecule has 134 valence electrons. The molecule has 0 bridgehead atoms. The standard InChI is InChI=1S/C19H22Cl2N2O2/c1-13(14-7-4-5-10-17(14)25-3)23(2)12-11-18(24)22-19-15(20)8-6-9-16(19)21/h4-10,13H,11-12H2,1-3H3,(H,22,24)/t13-/m1/s1. The van der Waals surface area contributed by atoms with E-state index in [0.29, 0.717) is 28.7 Å². The van der Waals surface area contributed by atoms with E-state index in [2.05, 4.69) is 17.1 Å². The predicted molar refractivity (Wildman–Crippen MR) is 104 cm³/mol. The predicted octanol–water partition coefficient (Wildman–Crippen LogP) is 5.02. The van der Waals surface area contributed by atoms with Crippen LogP contribution in [0.25, 0.3) is 0 Å². The Morgan fingerprint density at radius 2 is 1.80 bits per heavy atom. The maximum Gasteiger partial charge on any atom is 0.225 e. The number of carbonyl (C=O) groups excluding carboxylic acids is 1. The van der Waals surface area contributed by atoms with Crippen molar-refractivity contribution in [2.75, 3.05) is 26.0 Å². The van der Waals surface area contributed by atoms with E-state index < -0.39 is 0 Å². The van der Waals surface area contributed by atoms with Crippen molar-refractivity contribution in [2.45, 2.75) is 19.4 Å². The van der Waals surface area contributed by atoms with Crippen LogP contribution in [-0.2, 0) is 4.79 Å². The number of benzene rings is 2. The number of anilines is 1. The van der Waals surface area contributed by atoms with Gasteiger partial charge in [0.15, 0.2) is 0 Å². The summed E-state index contributed by atoms with van der Waals surface area (Å²) in [5, 5.41) is 3.64. The van der Waals surface area contributed by atoms with E-state index >= 15 is 0 Å². The molecule has 2 aromatic carbocycles. The molecule has 4 nitrogen and oxygen atoms in total. The third kappa shape index (κ3) is 5.11.